The molecule has 5 nitrogen and oxygen atoms in total. The lowest BCUT2D eigenvalue weighted by Crippen LogP contribution is -2.14. The van der Waals surface area contributed by atoms with Crippen LogP contribution in [-0.4, -0.2) is 16.8 Å². The molecule has 0 aliphatic heterocycles. The van der Waals surface area contributed by atoms with Crippen molar-refractivity contribution in [3.05, 3.63) is 40.3 Å². The highest BCUT2D eigenvalue weighted by Gasteiger charge is 2.09. The summed E-state index contributed by atoms with van der Waals surface area (Å²) in [5.74, 6) is -0.244. The van der Waals surface area contributed by atoms with Gasteiger partial charge in [-0.25, -0.2) is 4.98 Å². The lowest BCUT2D eigenvalue weighted by Gasteiger charge is -2.07. The number of amides is 2. The Balaban J connectivity index is 2.01. The molecule has 0 unspecified atom stereocenters. The van der Waals surface area contributed by atoms with E-state index >= 15 is 0 Å². The predicted molar refractivity (Wildman–Crippen MR) is 79.9 cm³/mol. The zero-order valence-electron chi connectivity index (χ0n) is 11.3. The highest BCUT2D eigenvalue weighted by Crippen LogP contribution is 2.17. The van der Waals surface area contributed by atoms with E-state index in [-0.39, 0.29) is 11.8 Å². The molecule has 104 valence electrons. The van der Waals surface area contributed by atoms with Gasteiger partial charge in [-0.2, -0.15) is 0 Å². The number of thiazole rings is 1. The van der Waals surface area contributed by atoms with Crippen molar-refractivity contribution >= 4 is 34.5 Å². The molecule has 0 radical (unpaired) electrons. The van der Waals surface area contributed by atoms with E-state index in [9.17, 15) is 9.59 Å². The molecule has 0 saturated carbocycles. The van der Waals surface area contributed by atoms with E-state index < -0.39 is 0 Å². The van der Waals surface area contributed by atoms with Crippen LogP contribution in [-0.2, 0) is 16.0 Å². The predicted octanol–water partition coefficient (Wildman–Crippen LogP) is 2.59. The maximum absolute atomic E-state index is 11.9. The third-order valence-corrected chi connectivity index (χ3v) is 3.57. The molecule has 1 aromatic carbocycles. The number of anilines is 2. The molecule has 0 aliphatic carbocycles. The van der Waals surface area contributed by atoms with Gasteiger partial charge in [-0.05, 0) is 25.1 Å². The quantitative estimate of drug-likeness (QED) is 0.908. The number of carbonyl (C=O) groups excluding carboxylic acids is 2. The number of rotatable bonds is 4. The zero-order valence-corrected chi connectivity index (χ0v) is 12.1. The highest BCUT2D eigenvalue weighted by molar-refractivity contribution is 7.09. The maximum Gasteiger partial charge on any atom is 0.229 e. The number of benzene rings is 1. The Morgan fingerprint density at radius 2 is 1.95 bits per heavy atom. The number of nitrogens with one attached hydrogen (secondary N) is 2. The molecule has 0 atom stereocenters. The number of hydrogen-bond acceptors (Lipinski definition) is 4. The lowest BCUT2D eigenvalue weighted by atomic mass is 10.2. The van der Waals surface area contributed by atoms with Crippen molar-refractivity contribution in [2.24, 2.45) is 0 Å². The van der Waals surface area contributed by atoms with E-state index in [0.29, 0.717) is 17.8 Å². The first kappa shape index (κ1) is 14.2. The SMILES string of the molecule is CC(=O)Nc1cccc(NC(=O)Cc2scnc2C)c1. The van der Waals surface area contributed by atoms with Crippen LogP contribution in [0.2, 0.25) is 0 Å². The van der Waals surface area contributed by atoms with Gasteiger partial charge in [0.25, 0.3) is 0 Å². The van der Waals surface area contributed by atoms with E-state index in [0.717, 1.165) is 10.6 Å². The van der Waals surface area contributed by atoms with Crippen molar-refractivity contribution in [3.8, 4) is 0 Å². The molecule has 2 amide bonds. The van der Waals surface area contributed by atoms with E-state index in [4.69, 9.17) is 0 Å². The second-order valence-corrected chi connectivity index (χ2v) is 5.29. The van der Waals surface area contributed by atoms with Crippen LogP contribution in [0.1, 0.15) is 17.5 Å². The van der Waals surface area contributed by atoms with E-state index in [1.165, 1.54) is 18.3 Å². The van der Waals surface area contributed by atoms with Gasteiger partial charge in [-0.3, -0.25) is 9.59 Å². The first-order chi connectivity index (χ1) is 9.54. The van der Waals surface area contributed by atoms with Gasteiger partial charge in [0.1, 0.15) is 0 Å². The Morgan fingerprint density at radius 3 is 2.55 bits per heavy atom. The summed E-state index contributed by atoms with van der Waals surface area (Å²) in [7, 11) is 0. The van der Waals surface area contributed by atoms with Crippen LogP contribution in [0.5, 0.6) is 0 Å². The number of aromatic nitrogens is 1. The van der Waals surface area contributed by atoms with Gasteiger partial charge in [0.05, 0.1) is 17.6 Å². The van der Waals surface area contributed by atoms with Crippen molar-refractivity contribution in [2.75, 3.05) is 10.6 Å². The molecule has 2 rings (SSSR count). The fraction of sp³-hybridized carbons (Fsp3) is 0.214. The van der Waals surface area contributed by atoms with Crippen LogP contribution >= 0.6 is 11.3 Å². The summed E-state index contributed by atoms with van der Waals surface area (Å²) in [6.07, 6.45) is 0.306. The van der Waals surface area contributed by atoms with Crippen LogP contribution in [0.4, 0.5) is 11.4 Å². The minimum atomic E-state index is -0.145. The van der Waals surface area contributed by atoms with Gasteiger partial charge in [0.2, 0.25) is 11.8 Å². The molecule has 2 N–H and O–H groups in total. The first-order valence-electron chi connectivity index (χ1n) is 6.11. The first-order valence-corrected chi connectivity index (χ1v) is 6.99. The third kappa shape index (κ3) is 3.89. The van der Waals surface area contributed by atoms with Crippen LogP contribution in [0.15, 0.2) is 29.8 Å². The number of nitrogens with zero attached hydrogens (tertiary/aromatic N) is 1. The van der Waals surface area contributed by atoms with Crippen molar-refractivity contribution in [1.29, 1.82) is 0 Å². The van der Waals surface area contributed by atoms with E-state index in [1.807, 2.05) is 6.92 Å². The molecule has 0 spiro atoms. The number of aryl methyl sites for hydroxylation is 1. The molecule has 0 aliphatic rings. The Hall–Kier alpha value is -2.21. The molecular formula is C14H15N3O2S. The molecule has 0 bridgehead atoms. The summed E-state index contributed by atoms with van der Waals surface area (Å²) >= 11 is 1.47. The van der Waals surface area contributed by atoms with Gasteiger partial charge in [-0.1, -0.05) is 6.07 Å². The molecular weight excluding hydrogens is 274 g/mol. The van der Waals surface area contributed by atoms with E-state index in [2.05, 4.69) is 15.6 Å². The average Bonchev–Trinajstić information content (AvgIpc) is 2.74. The second-order valence-electron chi connectivity index (χ2n) is 4.35. The summed E-state index contributed by atoms with van der Waals surface area (Å²) in [6.45, 7) is 3.33. The van der Waals surface area contributed by atoms with Gasteiger partial charge < -0.3 is 10.6 Å². The largest absolute Gasteiger partial charge is 0.326 e. The van der Waals surface area contributed by atoms with E-state index in [1.54, 1.807) is 29.8 Å². The summed E-state index contributed by atoms with van der Waals surface area (Å²) in [5, 5.41) is 5.48. The Kier molecular flexibility index (Phi) is 4.47. The standard InChI is InChI=1S/C14H15N3O2S/c1-9-13(20-8-15-9)7-14(19)17-12-5-3-4-11(6-12)16-10(2)18/h3-6,8H,7H2,1-2H3,(H,16,18)(H,17,19). The summed E-state index contributed by atoms with van der Waals surface area (Å²) in [6, 6.07) is 7.05. The molecule has 0 saturated heterocycles. The molecule has 0 fully saturated rings. The summed E-state index contributed by atoms with van der Waals surface area (Å²) < 4.78 is 0. The monoisotopic (exact) mass is 289 g/mol. The summed E-state index contributed by atoms with van der Waals surface area (Å²) in [5.41, 5.74) is 3.93. The smallest absolute Gasteiger partial charge is 0.229 e. The van der Waals surface area contributed by atoms with Crippen molar-refractivity contribution in [2.45, 2.75) is 20.3 Å². The Labute approximate surface area is 121 Å². The lowest BCUT2D eigenvalue weighted by molar-refractivity contribution is -0.115. The molecule has 2 aromatic rings. The normalized spacial score (nSPS) is 10.1. The highest BCUT2D eigenvalue weighted by atomic mass is 32.1. The van der Waals surface area contributed by atoms with Gasteiger partial charge in [-0.15, -0.1) is 11.3 Å². The number of hydrogen-bond donors (Lipinski definition) is 2. The fourth-order valence-electron chi connectivity index (χ4n) is 1.72. The van der Waals surface area contributed by atoms with Gasteiger partial charge in [0, 0.05) is 23.2 Å². The third-order valence-electron chi connectivity index (χ3n) is 2.63. The van der Waals surface area contributed by atoms with Gasteiger partial charge in [0.15, 0.2) is 0 Å². The molecule has 20 heavy (non-hydrogen) atoms. The minimum absolute atomic E-state index is 0.0997. The number of carbonyl (C=O) groups is 2. The summed E-state index contributed by atoms with van der Waals surface area (Å²) in [4.78, 5) is 28.0. The molecule has 6 heteroatoms. The van der Waals surface area contributed by atoms with Crippen molar-refractivity contribution in [1.82, 2.24) is 4.98 Å². The van der Waals surface area contributed by atoms with Crippen molar-refractivity contribution in [3.63, 3.8) is 0 Å². The second kappa shape index (κ2) is 6.29. The molecule has 1 heterocycles. The average molecular weight is 289 g/mol. The zero-order chi connectivity index (χ0) is 14.5. The Bertz CT molecular complexity index is 637. The van der Waals surface area contributed by atoms with Crippen LogP contribution in [0, 0.1) is 6.92 Å². The topological polar surface area (TPSA) is 71.1 Å². The Morgan fingerprint density at radius 1 is 1.25 bits per heavy atom. The van der Waals surface area contributed by atoms with Crippen molar-refractivity contribution < 1.29 is 9.59 Å². The van der Waals surface area contributed by atoms with Gasteiger partial charge >= 0.3 is 0 Å². The fourth-order valence-corrected chi connectivity index (χ4v) is 2.50. The molecule has 1 aromatic heterocycles. The van der Waals surface area contributed by atoms with Crippen LogP contribution in [0.3, 0.4) is 0 Å². The van der Waals surface area contributed by atoms with Crippen LogP contribution < -0.4 is 10.6 Å². The minimum Gasteiger partial charge on any atom is -0.326 e. The van der Waals surface area contributed by atoms with Crippen LogP contribution in [0.25, 0.3) is 0 Å². The maximum atomic E-state index is 11.9.